The largest absolute Gasteiger partial charge is 0.387 e. The van der Waals surface area contributed by atoms with Crippen LogP contribution in [0.3, 0.4) is 0 Å². The van der Waals surface area contributed by atoms with Crippen LogP contribution in [-0.2, 0) is 14.9 Å². The smallest absolute Gasteiger partial charge is 0.267 e. The van der Waals surface area contributed by atoms with Crippen LogP contribution < -0.4 is 5.32 Å². The highest BCUT2D eigenvalue weighted by Crippen LogP contribution is 2.15. The molecule has 0 aromatic heterocycles. The predicted octanol–water partition coefficient (Wildman–Crippen LogP) is 11.7. The fourth-order valence-electron chi connectivity index (χ4n) is 5.75. The molecule has 0 aliphatic rings. The molecule has 3 N–H and O–H groups in total. The summed E-state index contributed by atoms with van der Waals surface area (Å²) in [4.78, 5) is 12.4. The van der Waals surface area contributed by atoms with Crippen LogP contribution in [0.15, 0.2) is 60.8 Å². The van der Waals surface area contributed by atoms with Gasteiger partial charge in [-0.15, -0.1) is 0 Å². The zero-order valence-corrected chi connectivity index (χ0v) is 32.4. The molecule has 0 heterocycles. The van der Waals surface area contributed by atoms with Crippen molar-refractivity contribution in [3.05, 3.63) is 60.8 Å². The lowest BCUT2D eigenvalue weighted by Gasteiger charge is -2.20. The average Bonchev–Trinajstić information content (AvgIpc) is 3.06. The van der Waals surface area contributed by atoms with Gasteiger partial charge in [-0.25, -0.2) is 0 Å². The number of amides is 1. The number of allylic oxidation sites excluding steroid dienone is 9. The number of nitrogens with one attached hydrogen (secondary N) is 1. The predicted molar refractivity (Wildman–Crippen MR) is 211 cm³/mol. The van der Waals surface area contributed by atoms with Crippen molar-refractivity contribution in [1.29, 1.82) is 0 Å². The maximum atomic E-state index is 12.4. The van der Waals surface area contributed by atoms with E-state index in [1.807, 2.05) is 18.2 Å². The van der Waals surface area contributed by atoms with Crippen LogP contribution in [0, 0.1) is 0 Å². The highest BCUT2D eigenvalue weighted by molar-refractivity contribution is 7.85. The maximum absolute atomic E-state index is 12.4. The fraction of sp³-hybridized carbons (Fsp3) is 0.738. The molecule has 2 unspecified atom stereocenters. The maximum Gasteiger partial charge on any atom is 0.267 e. The molecule has 0 spiro atoms. The minimum atomic E-state index is -4.37. The molecule has 2 atom stereocenters. The van der Waals surface area contributed by atoms with Crippen molar-refractivity contribution in [2.45, 2.75) is 193 Å². The number of unbranched alkanes of at least 4 members (excludes halogenated alkanes) is 19. The van der Waals surface area contributed by atoms with Gasteiger partial charge < -0.3 is 10.4 Å². The van der Waals surface area contributed by atoms with Crippen molar-refractivity contribution in [2.24, 2.45) is 0 Å². The van der Waals surface area contributed by atoms with Gasteiger partial charge in [0.15, 0.2) is 0 Å². The minimum Gasteiger partial charge on any atom is -0.387 e. The molecule has 0 fully saturated rings. The van der Waals surface area contributed by atoms with E-state index < -0.39 is 28.0 Å². The van der Waals surface area contributed by atoms with Crippen LogP contribution >= 0.6 is 0 Å². The van der Waals surface area contributed by atoms with Gasteiger partial charge >= 0.3 is 0 Å². The quantitative estimate of drug-likeness (QED) is 0.0346. The molecular weight excluding hydrogens is 631 g/mol. The van der Waals surface area contributed by atoms with Gasteiger partial charge in [-0.3, -0.25) is 9.35 Å². The van der Waals surface area contributed by atoms with E-state index in [2.05, 4.69) is 55.6 Å². The van der Waals surface area contributed by atoms with Crippen molar-refractivity contribution < 1.29 is 22.9 Å². The molecule has 0 bridgehead atoms. The summed E-state index contributed by atoms with van der Waals surface area (Å²) in [5.74, 6) is -1.09. The SMILES string of the molecule is CC/C=C\C/C=C\C/C=C\C/C=C\CCC(=O)NC(CS(=O)(=O)O)C(O)/C=C/CCCCCCCCCCCCCCCCCCCCC. The number of carbonyl (C=O) groups excluding carboxylic acids is 1. The van der Waals surface area contributed by atoms with E-state index in [9.17, 15) is 22.9 Å². The first-order valence-corrected chi connectivity index (χ1v) is 21.6. The summed E-state index contributed by atoms with van der Waals surface area (Å²) in [7, 11) is -4.37. The van der Waals surface area contributed by atoms with Crippen molar-refractivity contribution in [1.82, 2.24) is 5.32 Å². The van der Waals surface area contributed by atoms with Gasteiger partial charge in [-0.2, -0.15) is 8.42 Å². The van der Waals surface area contributed by atoms with Gasteiger partial charge in [0.2, 0.25) is 5.91 Å². The Morgan fingerprint density at radius 1 is 0.571 bits per heavy atom. The second-order valence-electron chi connectivity index (χ2n) is 13.5. The van der Waals surface area contributed by atoms with Crippen LogP contribution in [0.4, 0.5) is 0 Å². The second-order valence-corrected chi connectivity index (χ2v) is 15.0. The third-order valence-electron chi connectivity index (χ3n) is 8.71. The summed E-state index contributed by atoms with van der Waals surface area (Å²) in [6.45, 7) is 4.40. The molecule has 0 saturated carbocycles. The first kappa shape index (κ1) is 47.0. The fourth-order valence-corrected chi connectivity index (χ4v) is 6.49. The van der Waals surface area contributed by atoms with E-state index in [0.29, 0.717) is 6.42 Å². The van der Waals surface area contributed by atoms with E-state index in [4.69, 9.17) is 0 Å². The molecule has 0 rings (SSSR count). The summed E-state index contributed by atoms with van der Waals surface area (Å²) in [6.07, 6.45) is 49.4. The second kappa shape index (κ2) is 35.9. The highest BCUT2D eigenvalue weighted by atomic mass is 32.2. The van der Waals surface area contributed by atoms with Gasteiger partial charge in [0, 0.05) is 6.42 Å². The molecule has 0 radical (unpaired) electrons. The number of carbonyl (C=O) groups is 1. The molecule has 0 aliphatic carbocycles. The van der Waals surface area contributed by atoms with E-state index in [0.717, 1.165) is 44.9 Å². The van der Waals surface area contributed by atoms with Crippen molar-refractivity contribution >= 4 is 16.0 Å². The number of rotatable bonds is 35. The Bertz CT molecular complexity index is 999. The number of hydrogen-bond donors (Lipinski definition) is 3. The van der Waals surface area contributed by atoms with Gasteiger partial charge in [0.05, 0.1) is 17.9 Å². The van der Waals surface area contributed by atoms with Gasteiger partial charge in [0.25, 0.3) is 10.1 Å². The number of aliphatic hydroxyl groups excluding tert-OH is 1. The van der Waals surface area contributed by atoms with Crippen LogP contribution in [0.25, 0.3) is 0 Å². The molecule has 0 aromatic rings. The van der Waals surface area contributed by atoms with Crippen LogP contribution in [0.2, 0.25) is 0 Å². The molecule has 7 heteroatoms. The third-order valence-corrected chi connectivity index (χ3v) is 9.49. The Labute approximate surface area is 302 Å². The third kappa shape index (κ3) is 37.1. The molecular formula is C42H75NO5S. The van der Waals surface area contributed by atoms with Crippen molar-refractivity contribution in [3.8, 4) is 0 Å². The average molecular weight is 706 g/mol. The van der Waals surface area contributed by atoms with E-state index >= 15 is 0 Å². The molecule has 6 nitrogen and oxygen atoms in total. The number of aliphatic hydroxyl groups is 1. The molecule has 0 aliphatic heterocycles. The molecule has 284 valence electrons. The normalized spacial score (nSPS) is 14.0. The molecule has 1 amide bonds. The minimum absolute atomic E-state index is 0.173. The highest BCUT2D eigenvalue weighted by Gasteiger charge is 2.24. The topological polar surface area (TPSA) is 104 Å². The lowest BCUT2D eigenvalue weighted by atomic mass is 10.0. The Morgan fingerprint density at radius 2 is 0.980 bits per heavy atom. The van der Waals surface area contributed by atoms with E-state index in [-0.39, 0.29) is 12.3 Å². The molecule has 49 heavy (non-hydrogen) atoms. The summed E-state index contributed by atoms with van der Waals surface area (Å²) < 4.78 is 32.4. The summed E-state index contributed by atoms with van der Waals surface area (Å²) in [5, 5.41) is 13.1. The standard InChI is InChI=1S/C42H75NO5S/c1-3-5-7-9-11-13-15-17-18-19-20-21-22-23-24-26-27-29-31-33-35-37-41(44)40(39-49(46,47)48)43-42(45)38-36-34-32-30-28-25-16-14-12-10-8-6-4-2/h6,8,12,14,25,28,32,34-35,37,40-41,44H,3-5,7,9-11,13,15-24,26-27,29-31,33,36,38-39H2,1-2H3,(H,43,45)(H,46,47,48)/b8-6-,14-12-,28-25-,34-32-,37-35+. The zero-order valence-electron chi connectivity index (χ0n) is 31.5. The van der Waals surface area contributed by atoms with Crippen LogP contribution in [0.1, 0.15) is 181 Å². The van der Waals surface area contributed by atoms with Crippen molar-refractivity contribution in [3.63, 3.8) is 0 Å². The van der Waals surface area contributed by atoms with Crippen LogP contribution in [0.5, 0.6) is 0 Å². The summed E-state index contributed by atoms with van der Waals surface area (Å²) in [5.41, 5.74) is 0. The first-order chi connectivity index (χ1) is 23.8. The first-order valence-electron chi connectivity index (χ1n) is 20.0. The monoisotopic (exact) mass is 706 g/mol. The van der Waals surface area contributed by atoms with Crippen molar-refractivity contribution in [2.75, 3.05) is 5.75 Å². The zero-order chi connectivity index (χ0) is 36.1. The van der Waals surface area contributed by atoms with E-state index in [1.165, 1.54) is 115 Å². The Kier molecular flexibility index (Phi) is 34.4. The van der Waals surface area contributed by atoms with Gasteiger partial charge in [-0.1, -0.05) is 190 Å². The molecule has 0 saturated heterocycles. The van der Waals surface area contributed by atoms with Gasteiger partial charge in [-0.05, 0) is 44.9 Å². The van der Waals surface area contributed by atoms with E-state index in [1.54, 1.807) is 0 Å². The van der Waals surface area contributed by atoms with Crippen LogP contribution in [-0.4, -0.2) is 41.9 Å². The number of hydrogen-bond acceptors (Lipinski definition) is 4. The Balaban J connectivity index is 3.98. The Hall–Kier alpha value is -1.96. The Morgan fingerprint density at radius 3 is 1.41 bits per heavy atom. The summed E-state index contributed by atoms with van der Waals surface area (Å²) >= 11 is 0. The lowest BCUT2D eigenvalue weighted by molar-refractivity contribution is -0.122. The van der Waals surface area contributed by atoms with Gasteiger partial charge in [0.1, 0.15) is 0 Å². The molecule has 0 aromatic carbocycles. The summed E-state index contributed by atoms with van der Waals surface area (Å²) in [6, 6.07) is -1.10. The lowest BCUT2D eigenvalue weighted by Crippen LogP contribution is -2.46.